The third-order valence-electron chi connectivity index (χ3n) is 4.88. The average Bonchev–Trinajstić information content (AvgIpc) is 2.50. The number of halogens is 1. The summed E-state index contributed by atoms with van der Waals surface area (Å²) >= 11 is 0. The highest BCUT2D eigenvalue weighted by Gasteiger charge is 2.29. The number of ketones is 1. The number of pyridine rings is 1. The molecule has 1 aliphatic heterocycles. The largest absolute Gasteiger partial charge is 0.303 e. The third-order valence-corrected chi connectivity index (χ3v) is 4.88. The first kappa shape index (κ1) is 16.1. The number of likely N-dealkylation sites (tertiary alicyclic amines) is 1. The minimum absolute atomic E-state index is 0.00109. The van der Waals surface area contributed by atoms with Crippen molar-refractivity contribution in [1.82, 2.24) is 9.88 Å². The van der Waals surface area contributed by atoms with E-state index in [1.54, 1.807) is 0 Å². The normalized spacial score (nSPS) is 20.2. The first-order valence-corrected chi connectivity index (χ1v) is 7.81. The van der Waals surface area contributed by atoms with E-state index in [9.17, 15) is 9.18 Å². The van der Waals surface area contributed by atoms with E-state index in [2.05, 4.69) is 23.7 Å². The van der Waals surface area contributed by atoms with E-state index in [1.165, 1.54) is 31.4 Å². The fourth-order valence-corrected chi connectivity index (χ4v) is 2.87. The van der Waals surface area contributed by atoms with E-state index < -0.39 is 5.82 Å². The van der Waals surface area contributed by atoms with E-state index in [-0.39, 0.29) is 11.7 Å². The second-order valence-corrected chi connectivity index (χ2v) is 6.59. The Morgan fingerprint density at radius 3 is 2.62 bits per heavy atom. The SMILES string of the molecule is CCC1(C)CCN(CC(C)C(=O)c2ccc(F)cn2)CC1. The molecule has 1 fully saturated rings. The zero-order valence-corrected chi connectivity index (χ0v) is 13.2. The van der Waals surface area contributed by atoms with E-state index in [4.69, 9.17) is 0 Å². The molecule has 2 heterocycles. The van der Waals surface area contributed by atoms with Crippen molar-refractivity contribution >= 4 is 5.78 Å². The molecular formula is C17H25FN2O. The Labute approximate surface area is 126 Å². The van der Waals surface area contributed by atoms with Gasteiger partial charge >= 0.3 is 0 Å². The van der Waals surface area contributed by atoms with Crippen molar-refractivity contribution in [2.24, 2.45) is 11.3 Å². The Morgan fingerprint density at radius 1 is 1.43 bits per heavy atom. The molecule has 0 radical (unpaired) electrons. The summed E-state index contributed by atoms with van der Waals surface area (Å²) < 4.78 is 12.8. The highest BCUT2D eigenvalue weighted by Crippen LogP contribution is 2.34. The molecule has 0 aromatic carbocycles. The number of hydrogen-bond acceptors (Lipinski definition) is 3. The lowest BCUT2D eigenvalue weighted by Gasteiger charge is -2.39. The topological polar surface area (TPSA) is 33.2 Å². The molecule has 1 unspecified atom stereocenters. The zero-order chi connectivity index (χ0) is 15.5. The number of nitrogens with zero attached hydrogens (tertiary/aromatic N) is 2. The van der Waals surface area contributed by atoms with Crippen LogP contribution in [0.15, 0.2) is 18.3 Å². The van der Waals surface area contributed by atoms with Gasteiger partial charge in [0.15, 0.2) is 5.78 Å². The van der Waals surface area contributed by atoms with Crippen LogP contribution in [0.25, 0.3) is 0 Å². The molecule has 1 aliphatic rings. The predicted molar refractivity (Wildman–Crippen MR) is 81.8 cm³/mol. The maximum Gasteiger partial charge on any atom is 0.185 e. The number of piperidine rings is 1. The molecule has 116 valence electrons. The van der Waals surface area contributed by atoms with Crippen LogP contribution in [-0.4, -0.2) is 35.3 Å². The van der Waals surface area contributed by atoms with Crippen molar-refractivity contribution in [3.63, 3.8) is 0 Å². The molecule has 0 amide bonds. The Bertz CT molecular complexity index is 478. The first-order chi connectivity index (χ1) is 9.93. The summed E-state index contributed by atoms with van der Waals surface area (Å²) in [5.41, 5.74) is 0.821. The van der Waals surface area contributed by atoms with E-state index in [0.717, 1.165) is 25.8 Å². The number of Topliss-reactive ketones (excluding diaryl/α,β-unsaturated/α-hetero) is 1. The number of aromatic nitrogens is 1. The number of carbonyl (C=O) groups is 1. The van der Waals surface area contributed by atoms with Crippen LogP contribution in [0.5, 0.6) is 0 Å². The molecule has 1 saturated heterocycles. The maximum atomic E-state index is 12.8. The summed E-state index contributed by atoms with van der Waals surface area (Å²) in [4.78, 5) is 18.6. The van der Waals surface area contributed by atoms with Crippen LogP contribution in [0.2, 0.25) is 0 Å². The molecule has 2 rings (SSSR count). The van der Waals surface area contributed by atoms with Crippen molar-refractivity contribution in [2.45, 2.75) is 40.0 Å². The van der Waals surface area contributed by atoms with E-state index >= 15 is 0 Å². The highest BCUT2D eigenvalue weighted by molar-refractivity contribution is 5.95. The van der Waals surface area contributed by atoms with Gasteiger partial charge in [0.05, 0.1) is 6.20 Å². The molecule has 0 bridgehead atoms. The van der Waals surface area contributed by atoms with Gasteiger partial charge in [-0.05, 0) is 43.5 Å². The average molecular weight is 292 g/mol. The Kier molecular flexibility index (Phi) is 5.09. The Morgan fingerprint density at radius 2 is 2.10 bits per heavy atom. The number of hydrogen-bond donors (Lipinski definition) is 0. The van der Waals surface area contributed by atoms with Gasteiger partial charge in [-0.3, -0.25) is 9.78 Å². The maximum absolute atomic E-state index is 12.8. The minimum Gasteiger partial charge on any atom is -0.303 e. The summed E-state index contributed by atoms with van der Waals surface area (Å²) in [7, 11) is 0. The summed E-state index contributed by atoms with van der Waals surface area (Å²) in [6, 6.07) is 2.76. The van der Waals surface area contributed by atoms with Gasteiger partial charge in [0.1, 0.15) is 11.5 Å². The van der Waals surface area contributed by atoms with Gasteiger partial charge in [0.25, 0.3) is 0 Å². The van der Waals surface area contributed by atoms with Crippen molar-refractivity contribution in [3.8, 4) is 0 Å². The molecule has 1 atom stereocenters. The lowest BCUT2D eigenvalue weighted by molar-refractivity contribution is 0.0794. The summed E-state index contributed by atoms with van der Waals surface area (Å²) in [5.74, 6) is -0.512. The van der Waals surface area contributed by atoms with Crippen LogP contribution >= 0.6 is 0 Å². The van der Waals surface area contributed by atoms with Crippen molar-refractivity contribution < 1.29 is 9.18 Å². The van der Waals surface area contributed by atoms with E-state index in [1.807, 2.05) is 6.92 Å². The number of carbonyl (C=O) groups excluding carboxylic acids is 1. The quantitative estimate of drug-likeness (QED) is 0.778. The second kappa shape index (κ2) is 6.65. The summed E-state index contributed by atoms with van der Waals surface area (Å²) in [6.45, 7) is 9.40. The zero-order valence-electron chi connectivity index (χ0n) is 13.2. The van der Waals surface area contributed by atoms with Gasteiger partial charge in [-0.15, -0.1) is 0 Å². The molecule has 0 saturated carbocycles. The lowest BCUT2D eigenvalue weighted by Crippen LogP contribution is -2.41. The summed E-state index contributed by atoms with van der Waals surface area (Å²) in [5, 5.41) is 0. The van der Waals surface area contributed by atoms with Gasteiger partial charge in [0, 0.05) is 12.5 Å². The third kappa shape index (κ3) is 4.10. The van der Waals surface area contributed by atoms with Crippen LogP contribution in [0.4, 0.5) is 4.39 Å². The van der Waals surface area contributed by atoms with Crippen LogP contribution in [0.1, 0.15) is 50.5 Å². The van der Waals surface area contributed by atoms with Gasteiger partial charge in [-0.25, -0.2) is 4.39 Å². The van der Waals surface area contributed by atoms with Gasteiger partial charge < -0.3 is 4.90 Å². The molecule has 3 nitrogen and oxygen atoms in total. The number of rotatable bonds is 5. The van der Waals surface area contributed by atoms with Crippen LogP contribution in [0.3, 0.4) is 0 Å². The monoisotopic (exact) mass is 292 g/mol. The van der Waals surface area contributed by atoms with Crippen molar-refractivity contribution in [3.05, 3.63) is 29.8 Å². The molecule has 0 aliphatic carbocycles. The molecule has 4 heteroatoms. The van der Waals surface area contributed by atoms with Crippen LogP contribution < -0.4 is 0 Å². The molecule has 0 N–H and O–H groups in total. The van der Waals surface area contributed by atoms with Crippen LogP contribution in [0, 0.1) is 17.2 Å². The Hall–Kier alpha value is -1.29. The molecule has 1 aromatic rings. The second-order valence-electron chi connectivity index (χ2n) is 6.59. The fraction of sp³-hybridized carbons (Fsp3) is 0.647. The Balaban J connectivity index is 1.88. The lowest BCUT2D eigenvalue weighted by atomic mass is 9.78. The highest BCUT2D eigenvalue weighted by atomic mass is 19.1. The van der Waals surface area contributed by atoms with Gasteiger partial charge in [-0.1, -0.05) is 27.2 Å². The molecule has 1 aromatic heterocycles. The first-order valence-electron chi connectivity index (χ1n) is 7.81. The standard InChI is InChI=1S/C17H25FN2O/c1-4-17(3)7-9-20(10-8-17)12-13(2)16(21)15-6-5-14(18)11-19-15/h5-6,11,13H,4,7-10,12H2,1-3H3. The van der Waals surface area contributed by atoms with E-state index in [0.29, 0.717) is 11.1 Å². The van der Waals surface area contributed by atoms with Gasteiger partial charge in [-0.2, -0.15) is 0 Å². The fourth-order valence-electron chi connectivity index (χ4n) is 2.87. The minimum atomic E-state index is -0.408. The predicted octanol–water partition coefficient (Wildman–Crippen LogP) is 3.55. The summed E-state index contributed by atoms with van der Waals surface area (Å²) in [6.07, 6.45) is 4.71. The van der Waals surface area contributed by atoms with Gasteiger partial charge in [0.2, 0.25) is 0 Å². The smallest absolute Gasteiger partial charge is 0.185 e. The van der Waals surface area contributed by atoms with Crippen molar-refractivity contribution in [1.29, 1.82) is 0 Å². The molecule has 0 spiro atoms. The molecule has 21 heavy (non-hydrogen) atoms. The molecular weight excluding hydrogens is 267 g/mol. The van der Waals surface area contributed by atoms with Crippen LogP contribution in [-0.2, 0) is 0 Å². The van der Waals surface area contributed by atoms with Crippen molar-refractivity contribution in [2.75, 3.05) is 19.6 Å².